The molecule has 2 aliphatic rings. The molecule has 0 saturated carbocycles. The molecular weight excluding hydrogens is 280 g/mol. The molecule has 2 saturated heterocycles. The first-order chi connectivity index (χ1) is 10.2. The van der Waals surface area contributed by atoms with Crippen LogP contribution in [0.1, 0.15) is 60.3 Å². The number of likely N-dealkylation sites (tertiary alicyclic amines) is 1. The van der Waals surface area contributed by atoms with E-state index in [1.54, 1.807) is 0 Å². The molecule has 2 heterocycles. The molecule has 2 atom stereocenters. The van der Waals surface area contributed by atoms with Gasteiger partial charge in [-0.05, 0) is 60.3 Å². The van der Waals surface area contributed by atoms with Crippen molar-refractivity contribution in [2.75, 3.05) is 19.7 Å². The van der Waals surface area contributed by atoms with Gasteiger partial charge in [-0.2, -0.15) is 0 Å². The average molecular weight is 312 g/mol. The van der Waals surface area contributed by atoms with E-state index in [2.05, 4.69) is 19.2 Å². The molecule has 0 aromatic carbocycles. The average Bonchev–Trinajstić information content (AvgIpc) is 2.81. The summed E-state index contributed by atoms with van der Waals surface area (Å²) < 4.78 is 11.3. The summed E-state index contributed by atoms with van der Waals surface area (Å²) in [7, 11) is 0. The van der Waals surface area contributed by atoms with Crippen LogP contribution in [0.15, 0.2) is 0 Å². The molecule has 5 nitrogen and oxygen atoms in total. The molecular formula is C17H32N2O3. The molecule has 0 spiro atoms. The van der Waals surface area contributed by atoms with E-state index in [1.165, 1.54) is 0 Å². The SMILES string of the molecule is CC(C)(C)OC(=O)N1CCCC1CNC1CCOC(C)(C)C1. The number of carbonyl (C=O) groups is 1. The fourth-order valence-electron chi connectivity index (χ4n) is 3.32. The molecule has 1 N–H and O–H groups in total. The second-order valence-electron chi connectivity index (χ2n) is 8.18. The summed E-state index contributed by atoms with van der Waals surface area (Å²) in [4.78, 5) is 14.2. The van der Waals surface area contributed by atoms with E-state index in [0.29, 0.717) is 6.04 Å². The highest BCUT2D eigenvalue weighted by atomic mass is 16.6. The molecule has 1 amide bonds. The summed E-state index contributed by atoms with van der Waals surface area (Å²) in [6.07, 6.45) is 4.00. The maximum atomic E-state index is 12.3. The Morgan fingerprint density at radius 3 is 2.73 bits per heavy atom. The molecule has 128 valence electrons. The van der Waals surface area contributed by atoms with Gasteiger partial charge in [-0.15, -0.1) is 0 Å². The maximum absolute atomic E-state index is 12.3. The molecule has 22 heavy (non-hydrogen) atoms. The molecule has 5 heteroatoms. The first-order valence-corrected chi connectivity index (χ1v) is 8.53. The summed E-state index contributed by atoms with van der Waals surface area (Å²) in [6, 6.07) is 0.727. The Morgan fingerprint density at radius 1 is 1.36 bits per heavy atom. The number of hydrogen-bond donors (Lipinski definition) is 1. The second-order valence-corrected chi connectivity index (χ2v) is 8.18. The van der Waals surface area contributed by atoms with Crippen molar-refractivity contribution < 1.29 is 14.3 Å². The van der Waals surface area contributed by atoms with Crippen LogP contribution in [0.3, 0.4) is 0 Å². The van der Waals surface area contributed by atoms with Gasteiger partial charge < -0.3 is 19.7 Å². The van der Waals surface area contributed by atoms with Crippen molar-refractivity contribution in [3.8, 4) is 0 Å². The third-order valence-corrected chi connectivity index (χ3v) is 4.34. The zero-order valence-electron chi connectivity index (χ0n) is 14.8. The minimum atomic E-state index is -0.428. The summed E-state index contributed by atoms with van der Waals surface area (Å²) in [5, 5.41) is 3.64. The number of carbonyl (C=O) groups excluding carboxylic acids is 1. The predicted molar refractivity (Wildman–Crippen MR) is 87.0 cm³/mol. The molecule has 0 bridgehead atoms. The topological polar surface area (TPSA) is 50.8 Å². The van der Waals surface area contributed by atoms with Crippen LogP contribution in [-0.2, 0) is 9.47 Å². The van der Waals surface area contributed by atoms with Crippen LogP contribution in [-0.4, -0.2) is 54.0 Å². The van der Waals surface area contributed by atoms with Crippen molar-refractivity contribution in [1.82, 2.24) is 10.2 Å². The highest BCUT2D eigenvalue weighted by Gasteiger charge is 2.34. The Hall–Kier alpha value is -0.810. The number of nitrogens with zero attached hydrogens (tertiary/aromatic N) is 1. The van der Waals surface area contributed by atoms with Crippen molar-refractivity contribution in [3.63, 3.8) is 0 Å². The molecule has 0 aliphatic carbocycles. The van der Waals surface area contributed by atoms with Crippen molar-refractivity contribution >= 4 is 6.09 Å². The van der Waals surface area contributed by atoms with Crippen LogP contribution < -0.4 is 5.32 Å². The summed E-state index contributed by atoms with van der Waals surface area (Å²) >= 11 is 0. The Bertz CT molecular complexity index is 390. The number of nitrogens with one attached hydrogen (secondary N) is 1. The number of amides is 1. The van der Waals surface area contributed by atoms with Crippen molar-refractivity contribution in [3.05, 3.63) is 0 Å². The van der Waals surface area contributed by atoms with Crippen LogP contribution in [0.25, 0.3) is 0 Å². The van der Waals surface area contributed by atoms with E-state index in [-0.39, 0.29) is 17.7 Å². The summed E-state index contributed by atoms with van der Waals surface area (Å²) in [5.41, 5.74) is -0.473. The van der Waals surface area contributed by atoms with Gasteiger partial charge in [-0.1, -0.05) is 0 Å². The fourth-order valence-corrected chi connectivity index (χ4v) is 3.32. The van der Waals surface area contributed by atoms with Gasteiger partial charge in [-0.3, -0.25) is 0 Å². The zero-order chi connectivity index (χ0) is 16.4. The van der Waals surface area contributed by atoms with Crippen LogP contribution in [0, 0.1) is 0 Å². The van der Waals surface area contributed by atoms with Gasteiger partial charge >= 0.3 is 6.09 Å². The lowest BCUT2D eigenvalue weighted by Gasteiger charge is -2.37. The van der Waals surface area contributed by atoms with E-state index >= 15 is 0 Å². The first-order valence-electron chi connectivity index (χ1n) is 8.53. The van der Waals surface area contributed by atoms with Gasteiger partial charge in [0.1, 0.15) is 5.60 Å². The Labute approximate surface area is 134 Å². The highest BCUT2D eigenvalue weighted by molar-refractivity contribution is 5.69. The molecule has 0 aromatic heterocycles. The van der Waals surface area contributed by atoms with Gasteiger partial charge in [0.25, 0.3) is 0 Å². The maximum Gasteiger partial charge on any atom is 0.410 e. The van der Waals surface area contributed by atoms with E-state index in [9.17, 15) is 4.79 Å². The monoisotopic (exact) mass is 312 g/mol. The van der Waals surface area contributed by atoms with E-state index in [1.807, 2.05) is 25.7 Å². The minimum Gasteiger partial charge on any atom is -0.444 e. The van der Waals surface area contributed by atoms with Crippen molar-refractivity contribution in [2.24, 2.45) is 0 Å². The number of rotatable bonds is 3. The van der Waals surface area contributed by atoms with Gasteiger partial charge in [0.05, 0.1) is 5.60 Å². The van der Waals surface area contributed by atoms with Crippen LogP contribution in [0.4, 0.5) is 4.79 Å². The van der Waals surface area contributed by atoms with Gasteiger partial charge in [0.2, 0.25) is 0 Å². The number of ether oxygens (including phenoxy) is 2. The van der Waals surface area contributed by atoms with Crippen LogP contribution >= 0.6 is 0 Å². The minimum absolute atomic E-state index is 0.0452. The molecule has 2 rings (SSSR count). The lowest BCUT2D eigenvalue weighted by Crippen LogP contribution is -2.49. The zero-order valence-corrected chi connectivity index (χ0v) is 14.8. The largest absolute Gasteiger partial charge is 0.444 e. The van der Waals surface area contributed by atoms with Gasteiger partial charge in [0, 0.05) is 31.8 Å². The molecule has 0 aromatic rings. The van der Waals surface area contributed by atoms with Crippen molar-refractivity contribution in [1.29, 1.82) is 0 Å². The van der Waals surface area contributed by atoms with Crippen molar-refractivity contribution in [2.45, 2.75) is 83.6 Å². The van der Waals surface area contributed by atoms with Crippen LogP contribution in [0.5, 0.6) is 0 Å². The Balaban J connectivity index is 1.82. The summed E-state index contributed by atoms with van der Waals surface area (Å²) in [6.45, 7) is 12.5. The Morgan fingerprint density at radius 2 is 2.09 bits per heavy atom. The normalized spacial score (nSPS) is 28.7. The number of hydrogen-bond acceptors (Lipinski definition) is 4. The van der Waals surface area contributed by atoms with E-state index < -0.39 is 5.60 Å². The van der Waals surface area contributed by atoms with Gasteiger partial charge in [-0.25, -0.2) is 4.79 Å². The first kappa shape index (κ1) is 17.5. The lowest BCUT2D eigenvalue weighted by atomic mass is 9.94. The third kappa shape index (κ3) is 5.13. The van der Waals surface area contributed by atoms with Crippen LogP contribution in [0.2, 0.25) is 0 Å². The molecule has 2 fully saturated rings. The van der Waals surface area contributed by atoms with E-state index in [4.69, 9.17) is 9.47 Å². The smallest absolute Gasteiger partial charge is 0.410 e. The Kier molecular flexibility index (Phi) is 5.38. The van der Waals surface area contributed by atoms with Gasteiger partial charge in [0.15, 0.2) is 0 Å². The molecule has 2 aliphatic heterocycles. The lowest BCUT2D eigenvalue weighted by molar-refractivity contribution is -0.0634. The quantitative estimate of drug-likeness (QED) is 0.870. The standard InChI is InChI=1S/C17H32N2O3/c1-16(2,3)22-15(20)19-9-6-7-14(19)12-18-13-8-10-21-17(4,5)11-13/h13-14,18H,6-12H2,1-5H3. The van der Waals surface area contributed by atoms with E-state index in [0.717, 1.165) is 45.4 Å². The predicted octanol–water partition coefficient (Wildman–Crippen LogP) is 2.93. The fraction of sp³-hybridized carbons (Fsp3) is 0.941. The highest BCUT2D eigenvalue weighted by Crippen LogP contribution is 2.25. The molecule has 0 radical (unpaired) electrons. The third-order valence-electron chi connectivity index (χ3n) is 4.34. The molecule has 2 unspecified atom stereocenters. The summed E-state index contributed by atoms with van der Waals surface area (Å²) in [5.74, 6) is 0. The second kappa shape index (κ2) is 6.75.